The molecule has 0 radical (unpaired) electrons. The summed E-state index contributed by atoms with van der Waals surface area (Å²) in [5, 5.41) is 0. The molecule has 0 atom stereocenters. The van der Waals surface area contributed by atoms with Gasteiger partial charge in [-0.2, -0.15) is 4.57 Å². The Hall–Kier alpha value is -1.97. The summed E-state index contributed by atoms with van der Waals surface area (Å²) in [7, 11) is 2.00. The average Bonchev–Trinajstić information content (AvgIpc) is 2.97. The van der Waals surface area contributed by atoms with Crippen molar-refractivity contribution in [3.8, 4) is 0 Å². The van der Waals surface area contributed by atoms with E-state index < -0.39 is 0 Å². The summed E-state index contributed by atoms with van der Waals surface area (Å²) in [6.07, 6.45) is 4.04. The SMILES string of the molecule is C[n+]1c(C=Cc2ccc(N(CCCl)CCCl)cc2)oc2ccccc21. The van der Waals surface area contributed by atoms with Crippen molar-refractivity contribution in [2.75, 3.05) is 29.7 Å². The molecule has 0 bridgehead atoms. The Morgan fingerprint density at radius 1 is 0.960 bits per heavy atom. The van der Waals surface area contributed by atoms with Crippen LogP contribution in [0, 0.1) is 0 Å². The summed E-state index contributed by atoms with van der Waals surface area (Å²) in [5.41, 5.74) is 4.21. The maximum atomic E-state index is 5.88. The minimum absolute atomic E-state index is 0.584. The molecule has 5 heteroatoms. The van der Waals surface area contributed by atoms with Crippen LogP contribution in [0.25, 0.3) is 23.3 Å². The fraction of sp³-hybridized carbons (Fsp3) is 0.250. The van der Waals surface area contributed by atoms with E-state index in [9.17, 15) is 0 Å². The Balaban J connectivity index is 1.78. The van der Waals surface area contributed by atoms with E-state index >= 15 is 0 Å². The first-order chi connectivity index (χ1) is 12.2. The average molecular weight is 376 g/mol. The van der Waals surface area contributed by atoms with Gasteiger partial charge in [0.2, 0.25) is 5.58 Å². The van der Waals surface area contributed by atoms with E-state index in [1.807, 2.05) is 42.0 Å². The molecule has 0 aliphatic heterocycles. The van der Waals surface area contributed by atoms with Crippen LogP contribution in [0.3, 0.4) is 0 Å². The van der Waals surface area contributed by atoms with Crippen molar-refractivity contribution < 1.29 is 8.98 Å². The van der Waals surface area contributed by atoms with Crippen LogP contribution >= 0.6 is 23.2 Å². The molecular formula is C20H21Cl2N2O+. The van der Waals surface area contributed by atoms with Crippen LogP contribution in [0.15, 0.2) is 52.9 Å². The van der Waals surface area contributed by atoms with Crippen LogP contribution in [0.5, 0.6) is 0 Å². The molecule has 0 fully saturated rings. The lowest BCUT2D eigenvalue weighted by atomic mass is 10.2. The molecule has 1 aromatic heterocycles. The molecule has 0 aliphatic carbocycles. The van der Waals surface area contributed by atoms with Crippen molar-refractivity contribution in [1.82, 2.24) is 0 Å². The fourth-order valence-corrected chi connectivity index (χ4v) is 3.21. The second-order valence-electron chi connectivity index (χ2n) is 5.76. The lowest BCUT2D eigenvalue weighted by Crippen LogP contribution is -2.29. The number of nitrogens with zero attached hydrogens (tertiary/aromatic N) is 2. The number of rotatable bonds is 7. The molecule has 3 nitrogen and oxygen atoms in total. The molecule has 3 aromatic rings. The minimum atomic E-state index is 0.584. The molecule has 130 valence electrons. The van der Waals surface area contributed by atoms with Crippen LogP contribution in [0.1, 0.15) is 11.5 Å². The van der Waals surface area contributed by atoms with E-state index in [2.05, 4.69) is 35.2 Å². The largest absolute Gasteiger partial charge is 0.398 e. The van der Waals surface area contributed by atoms with E-state index in [-0.39, 0.29) is 0 Å². The number of benzene rings is 2. The third-order valence-corrected chi connectivity index (χ3v) is 4.50. The van der Waals surface area contributed by atoms with Crippen LogP contribution in [-0.2, 0) is 7.05 Å². The van der Waals surface area contributed by atoms with E-state index in [1.165, 1.54) is 0 Å². The molecule has 1 heterocycles. The van der Waals surface area contributed by atoms with Crippen molar-refractivity contribution in [2.24, 2.45) is 7.05 Å². The number of aryl methyl sites for hydroxylation is 1. The standard InChI is InChI=1S/C20H21Cl2N2O/c1-23-18-4-2-3-5-19(18)25-20(23)11-8-16-6-9-17(10-7-16)24(14-12-21)15-13-22/h2-11H,12-15H2,1H3/q+1. The highest BCUT2D eigenvalue weighted by Crippen LogP contribution is 2.18. The highest BCUT2D eigenvalue weighted by atomic mass is 35.5. The Morgan fingerprint density at radius 3 is 2.28 bits per heavy atom. The third-order valence-electron chi connectivity index (χ3n) is 4.16. The molecule has 0 saturated heterocycles. The number of halogens is 2. The normalized spacial score (nSPS) is 11.5. The van der Waals surface area contributed by atoms with Gasteiger partial charge in [-0.3, -0.25) is 0 Å². The van der Waals surface area contributed by atoms with Gasteiger partial charge >= 0.3 is 5.89 Å². The lowest BCUT2D eigenvalue weighted by molar-refractivity contribution is -0.651. The smallest absolute Gasteiger partial charge is 0.373 e. The van der Waals surface area contributed by atoms with Gasteiger partial charge in [-0.25, -0.2) is 0 Å². The van der Waals surface area contributed by atoms with Crippen LogP contribution in [-0.4, -0.2) is 24.8 Å². The molecule has 0 N–H and O–H groups in total. The summed E-state index contributed by atoms with van der Waals surface area (Å²) in [4.78, 5) is 2.19. The van der Waals surface area contributed by atoms with Gasteiger partial charge in [0, 0.05) is 36.6 Å². The third kappa shape index (κ3) is 4.17. The molecule has 0 spiro atoms. The van der Waals surface area contributed by atoms with Gasteiger partial charge in [0.15, 0.2) is 0 Å². The minimum Gasteiger partial charge on any atom is -0.398 e. The maximum absolute atomic E-state index is 5.88. The zero-order valence-corrected chi connectivity index (χ0v) is 15.7. The molecule has 25 heavy (non-hydrogen) atoms. The monoisotopic (exact) mass is 375 g/mol. The van der Waals surface area contributed by atoms with Crippen molar-refractivity contribution >= 4 is 52.1 Å². The second-order valence-corrected chi connectivity index (χ2v) is 6.51. The van der Waals surface area contributed by atoms with Crippen molar-refractivity contribution in [3.05, 3.63) is 60.0 Å². The highest BCUT2D eigenvalue weighted by Gasteiger charge is 2.15. The van der Waals surface area contributed by atoms with E-state index in [4.69, 9.17) is 27.6 Å². The highest BCUT2D eigenvalue weighted by molar-refractivity contribution is 6.18. The second kappa shape index (κ2) is 8.41. The van der Waals surface area contributed by atoms with Crippen LogP contribution < -0.4 is 9.47 Å². The molecule has 0 unspecified atom stereocenters. The number of hydrogen-bond donors (Lipinski definition) is 0. The summed E-state index contributed by atoms with van der Waals surface area (Å²) < 4.78 is 7.93. The number of aromatic nitrogens is 1. The molecule has 0 saturated carbocycles. The van der Waals surface area contributed by atoms with Gasteiger partial charge in [0.25, 0.3) is 5.52 Å². The van der Waals surface area contributed by atoms with Gasteiger partial charge < -0.3 is 9.32 Å². The van der Waals surface area contributed by atoms with E-state index in [0.717, 1.165) is 41.3 Å². The summed E-state index contributed by atoms with van der Waals surface area (Å²) in [6.45, 7) is 1.58. The Kier molecular flexibility index (Phi) is 6.00. The van der Waals surface area contributed by atoms with E-state index in [0.29, 0.717) is 11.8 Å². The number of anilines is 1. The zero-order valence-electron chi connectivity index (χ0n) is 14.2. The van der Waals surface area contributed by atoms with Gasteiger partial charge in [-0.15, -0.1) is 23.2 Å². The van der Waals surface area contributed by atoms with Crippen LogP contribution in [0.2, 0.25) is 0 Å². The van der Waals surface area contributed by atoms with Gasteiger partial charge in [0.1, 0.15) is 7.05 Å². The summed E-state index contributed by atoms with van der Waals surface area (Å²) >= 11 is 11.7. The van der Waals surface area contributed by atoms with Gasteiger partial charge in [-0.1, -0.05) is 24.3 Å². The molecule has 3 rings (SSSR count). The molecule has 0 aliphatic rings. The number of para-hydroxylation sites is 2. The Morgan fingerprint density at radius 2 is 1.64 bits per heavy atom. The first-order valence-electron chi connectivity index (χ1n) is 8.25. The molecule has 2 aromatic carbocycles. The number of fused-ring (bicyclic) bond motifs is 1. The van der Waals surface area contributed by atoms with Gasteiger partial charge in [-0.05, 0) is 29.8 Å². The predicted octanol–water partition coefficient (Wildman–Crippen LogP) is 4.71. The quantitative estimate of drug-likeness (QED) is 0.440. The first-order valence-corrected chi connectivity index (χ1v) is 9.32. The number of oxazole rings is 1. The van der Waals surface area contributed by atoms with Crippen molar-refractivity contribution in [2.45, 2.75) is 0 Å². The summed E-state index contributed by atoms with van der Waals surface area (Å²) in [6, 6.07) is 16.4. The summed E-state index contributed by atoms with van der Waals surface area (Å²) in [5.74, 6) is 1.98. The zero-order chi connectivity index (χ0) is 17.6. The van der Waals surface area contributed by atoms with Crippen LogP contribution in [0.4, 0.5) is 5.69 Å². The Bertz CT molecular complexity index is 850. The predicted molar refractivity (Wildman–Crippen MR) is 106 cm³/mol. The molecular weight excluding hydrogens is 355 g/mol. The van der Waals surface area contributed by atoms with Crippen molar-refractivity contribution in [3.63, 3.8) is 0 Å². The fourth-order valence-electron chi connectivity index (χ4n) is 2.80. The number of alkyl halides is 2. The Labute approximate surface area is 158 Å². The number of hydrogen-bond acceptors (Lipinski definition) is 2. The van der Waals surface area contributed by atoms with Gasteiger partial charge in [0.05, 0.1) is 6.08 Å². The topological polar surface area (TPSA) is 20.3 Å². The molecule has 0 amide bonds. The van der Waals surface area contributed by atoms with Crippen molar-refractivity contribution in [1.29, 1.82) is 0 Å². The maximum Gasteiger partial charge on any atom is 0.373 e. The first kappa shape index (κ1) is 17.8. The lowest BCUT2D eigenvalue weighted by Gasteiger charge is -2.22. The van der Waals surface area contributed by atoms with E-state index in [1.54, 1.807) is 0 Å².